The summed E-state index contributed by atoms with van der Waals surface area (Å²) in [6, 6.07) is 6.88. The van der Waals surface area contributed by atoms with Crippen LogP contribution in [0.3, 0.4) is 0 Å². The highest BCUT2D eigenvalue weighted by Gasteiger charge is 2.20. The maximum absolute atomic E-state index is 11.6. The zero-order chi connectivity index (χ0) is 21.1. The average Bonchev–Trinajstić information content (AvgIpc) is 2.77. The molecule has 3 aromatic rings. The van der Waals surface area contributed by atoms with Crippen molar-refractivity contribution in [2.24, 2.45) is 0 Å². The number of ether oxygens (including phenoxy) is 2. The minimum atomic E-state index is -3.34. The van der Waals surface area contributed by atoms with E-state index in [0.29, 0.717) is 48.5 Å². The Morgan fingerprint density at radius 3 is 2.70 bits per heavy atom. The minimum absolute atomic E-state index is 0.0272. The van der Waals surface area contributed by atoms with Crippen LogP contribution in [0.15, 0.2) is 48.0 Å². The van der Waals surface area contributed by atoms with Gasteiger partial charge in [0.2, 0.25) is 0 Å². The van der Waals surface area contributed by atoms with Crippen LogP contribution in [0.25, 0.3) is 11.3 Å². The lowest BCUT2D eigenvalue weighted by Crippen LogP contribution is -2.19. The Labute approximate surface area is 174 Å². The molecule has 0 saturated carbocycles. The summed E-state index contributed by atoms with van der Waals surface area (Å²) in [5.41, 5.74) is 2.36. The summed E-state index contributed by atoms with van der Waals surface area (Å²) >= 11 is 0. The van der Waals surface area contributed by atoms with E-state index in [-0.39, 0.29) is 10.9 Å². The lowest BCUT2D eigenvalue weighted by Gasteiger charge is -2.22. The molecule has 0 radical (unpaired) electrons. The van der Waals surface area contributed by atoms with Crippen molar-refractivity contribution >= 4 is 15.7 Å². The van der Waals surface area contributed by atoms with Gasteiger partial charge in [-0.05, 0) is 18.2 Å². The Morgan fingerprint density at radius 2 is 1.93 bits per heavy atom. The molecular weight excluding hydrogens is 406 g/mol. The molecule has 30 heavy (non-hydrogen) atoms. The van der Waals surface area contributed by atoms with E-state index in [1.807, 2.05) is 6.07 Å². The first kappa shape index (κ1) is 20.0. The van der Waals surface area contributed by atoms with Crippen LogP contribution in [-0.4, -0.2) is 54.4 Å². The van der Waals surface area contributed by atoms with Gasteiger partial charge >= 0.3 is 0 Å². The van der Waals surface area contributed by atoms with Gasteiger partial charge in [-0.15, -0.1) is 0 Å². The van der Waals surface area contributed by atoms with Gasteiger partial charge in [0, 0.05) is 48.3 Å². The SMILES string of the molecule is C[C@H](CNc1cc(-c2ccc(S(C)(=O)=O)nc2)ncn1)c1ccnc2c1OCCO2. The molecule has 1 N–H and O–H groups in total. The molecule has 1 aliphatic heterocycles. The smallest absolute Gasteiger partial charge is 0.257 e. The second-order valence-electron chi connectivity index (χ2n) is 6.96. The number of hydrogen-bond acceptors (Lipinski definition) is 9. The Bertz CT molecular complexity index is 1150. The van der Waals surface area contributed by atoms with Crippen LogP contribution in [0.4, 0.5) is 5.82 Å². The van der Waals surface area contributed by atoms with Crippen LogP contribution in [0.5, 0.6) is 11.6 Å². The molecule has 4 heterocycles. The Morgan fingerprint density at radius 1 is 1.10 bits per heavy atom. The summed E-state index contributed by atoms with van der Waals surface area (Å²) in [6.45, 7) is 3.70. The average molecular weight is 427 g/mol. The van der Waals surface area contributed by atoms with E-state index in [9.17, 15) is 8.42 Å². The molecule has 9 nitrogen and oxygen atoms in total. The van der Waals surface area contributed by atoms with Crippen molar-refractivity contribution in [3.63, 3.8) is 0 Å². The van der Waals surface area contributed by atoms with Crippen molar-refractivity contribution in [1.29, 1.82) is 0 Å². The van der Waals surface area contributed by atoms with E-state index in [2.05, 4.69) is 32.2 Å². The topological polar surface area (TPSA) is 116 Å². The first-order valence-corrected chi connectivity index (χ1v) is 11.3. The van der Waals surface area contributed by atoms with Gasteiger partial charge in [0.05, 0.1) is 5.69 Å². The van der Waals surface area contributed by atoms with Gasteiger partial charge < -0.3 is 14.8 Å². The monoisotopic (exact) mass is 427 g/mol. The van der Waals surface area contributed by atoms with E-state index in [0.717, 1.165) is 11.8 Å². The van der Waals surface area contributed by atoms with Crippen molar-refractivity contribution in [2.75, 3.05) is 31.3 Å². The molecule has 0 fully saturated rings. The summed E-state index contributed by atoms with van der Waals surface area (Å²) in [7, 11) is -3.34. The maximum atomic E-state index is 11.6. The summed E-state index contributed by atoms with van der Waals surface area (Å²) < 4.78 is 34.4. The standard InChI is InChI=1S/C20H21N5O4S/c1-13(15-5-6-21-20-19(15)28-7-8-29-20)10-22-17-9-16(24-12-25-17)14-3-4-18(23-11-14)30(2,26)27/h3-6,9,11-13H,7-8,10H2,1-2H3,(H,22,24,25)/t13-/m1/s1. The van der Waals surface area contributed by atoms with Gasteiger partial charge in [0.25, 0.3) is 5.88 Å². The third kappa shape index (κ3) is 4.33. The molecule has 0 unspecified atom stereocenters. The molecule has 156 valence electrons. The van der Waals surface area contributed by atoms with E-state index < -0.39 is 9.84 Å². The molecule has 0 bridgehead atoms. The summed E-state index contributed by atoms with van der Waals surface area (Å²) in [4.78, 5) is 16.8. The molecule has 4 rings (SSSR count). The normalized spacial score (nSPS) is 14.2. The summed E-state index contributed by atoms with van der Waals surface area (Å²) in [5, 5.41) is 3.34. The van der Waals surface area contributed by atoms with Gasteiger partial charge in [-0.1, -0.05) is 6.92 Å². The molecule has 0 saturated heterocycles. The van der Waals surface area contributed by atoms with Crippen molar-refractivity contribution in [2.45, 2.75) is 17.9 Å². The first-order valence-electron chi connectivity index (χ1n) is 9.39. The number of aromatic nitrogens is 4. The van der Waals surface area contributed by atoms with E-state index in [1.165, 1.54) is 18.6 Å². The third-order valence-electron chi connectivity index (χ3n) is 4.67. The fourth-order valence-corrected chi connectivity index (χ4v) is 3.65. The van der Waals surface area contributed by atoms with Crippen molar-refractivity contribution < 1.29 is 17.9 Å². The van der Waals surface area contributed by atoms with Crippen LogP contribution in [0, 0.1) is 0 Å². The molecule has 3 aromatic heterocycles. The molecular formula is C20H21N5O4S. The third-order valence-corrected chi connectivity index (χ3v) is 5.67. The largest absolute Gasteiger partial charge is 0.484 e. The van der Waals surface area contributed by atoms with E-state index in [4.69, 9.17) is 9.47 Å². The zero-order valence-electron chi connectivity index (χ0n) is 16.6. The van der Waals surface area contributed by atoms with E-state index >= 15 is 0 Å². The predicted octanol–water partition coefficient (Wildman–Crippen LogP) is 2.32. The predicted molar refractivity (Wildman–Crippen MR) is 111 cm³/mol. The maximum Gasteiger partial charge on any atom is 0.257 e. The summed E-state index contributed by atoms with van der Waals surface area (Å²) in [5.74, 6) is 2.00. The number of nitrogens with zero attached hydrogens (tertiary/aromatic N) is 4. The van der Waals surface area contributed by atoms with Crippen LogP contribution in [0.2, 0.25) is 0 Å². The number of anilines is 1. The van der Waals surface area contributed by atoms with Crippen molar-refractivity contribution in [1.82, 2.24) is 19.9 Å². The van der Waals surface area contributed by atoms with E-state index in [1.54, 1.807) is 18.3 Å². The minimum Gasteiger partial charge on any atom is -0.484 e. The van der Waals surface area contributed by atoms with Crippen molar-refractivity contribution in [3.8, 4) is 22.9 Å². The van der Waals surface area contributed by atoms with Crippen LogP contribution in [0.1, 0.15) is 18.4 Å². The van der Waals surface area contributed by atoms with Gasteiger partial charge in [-0.25, -0.2) is 28.4 Å². The molecule has 1 atom stereocenters. The lowest BCUT2D eigenvalue weighted by atomic mass is 10.0. The second kappa shape index (κ2) is 8.23. The fourth-order valence-electron chi connectivity index (χ4n) is 3.09. The number of pyridine rings is 2. The molecule has 1 aliphatic rings. The second-order valence-corrected chi connectivity index (χ2v) is 8.92. The number of nitrogens with one attached hydrogen (secondary N) is 1. The van der Waals surface area contributed by atoms with Crippen molar-refractivity contribution in [3.05, 3.63) is 48.5 Å². The van der Waals surface area contributed by atoms with Gasteiger partial charge in [0.1, 0.15) is 25.4 Å². The fraction of sp³-hybridized carbons (Fsp3) is 0.300. The first-order chi connectivity index (χ1) is 14.4. The van der Waals surface area contributed by atoms with Crippen LogP contribution < -0.4 is 14.8 Å². The van der Waals surface area contributed by atoms with Gasteiger partial charge in [0.15, 0.2) is 20.6 Å². The molecule has 0 aromatic carbocycles. The van der Waals surface area contributed by atoms with Gasteiger partial charge in [-0.3, -0.25) is 0 Å². The Hall–Kier alpha value is -3.27. The summed E-state index contributed by atoms with van der Waals surface area (Å²) in [6.07, 6.45) is 5.79. The number of fused-ring (bicyclic) bond motifs is 1. The quantitative estimate of drug-likeness (QED) is 0.632. The highest BCUT2D eigenvalue weighted by molar-refractivity contribution is 7.90. The van der Waals surface area contributed by atoms with Gasteiger partial charge in [-0.2, -0.15) is 0 Å². The zero-order valence-corrected chi connectivity index (χ0v) is 17.4. The van der Waals surface area contributed by atoms with Crippen LogP contribution >= 0.6 is 0 Å². The number of sulfone groups is 1. The molecule has 10 heteroatoms. The Kier molecular flexibility index (Phi) is 5.49. The molecule has 0 amide bonds. The molecule has 0 aliphatic carbocycles. The Balaban J connectivity index is 1.48. The number of hydrogen-bond donors (Lipinski definition) is 1. The molecule has 0 spiro atoms. The van der Waals surface area contributed by atoms with Crippen LogP contribution in [-0.2, 0) is 9.84 Å². The highest BCUT2D eigenvalue weighted by atomic mass is 32.2. The number of rotatable bonds is 6. The highest BCUT2D eigenvalue weighted by Crippen LogP contribution is 2.35. The lowest BCUT2D eigenvalue weighted by molar-refractivity contribution is 0.162.